The van der Waals surface area contributed by atoms with Crippen molar-refractivity contribution in [3.05, 3.63) is 0 Å². The zero-order chi connectivity index (χ0) is 11.9. The second-order valence-corrected chi connectivity index (χ2v) is 6.41. The Labute approximate surface area is 94.2 Å². The predicted molar refractivity (Wildman–Crippen MR) is 55.1 cm³/mol. The standard InChI is InChI=1S/C9H15NO5S/c1-15-9(12)8-4-6(11)5-10(8)16(13,14)7-2-3-7/h6-8,11H,2-5H2,1H3. The Morgan fingerprint density at radius 3 is 2.56 bits per heavy atom. The average Bonchev–Trinajstić information content (AvgIpc) is 3.01. The number of hydrogen-bond acceptors (Lipinski definition) is 5. The lowest BCUT2D eigenvalue weighted by molar-refractivity contribution is -0.144. The molecule has 7 heteroatoms. The molecule has 0 radical (unpaired) electrons. The van der Waals surface area contributed by atoms with Crippen molar-refractivity contribution in [2.45, 2.75) is 36.7 Å². The number of methoxy groups -OCH3 is 1. The summed E-state index contributed by atoms with van der Waals surface area (Å²) in [6.07, 6.45) is 0.627. The number of sulfonamides is 1. The molecule has 1 saturated heterocycles. The third kappa shape index (κ3) is 1.94. The van der Waals surface area contributed by atoms with Crippen LogP contribution in [0.3, 0.4) is 0 Å². The summed E-state index contributed by atoms with van der Waals surface area (Å²) >= 11 is 0. The van der Waals surface area contributed by atoms with Crippen molar-refractivity contribution in [2.75, 3.05) is 13.7 Å². The first-order valence-corrected chi connectivity index (χ1v) is 6.73. The summed E-state index contributed by atoms with van der Waals surface area (Å²) in [6, 6.07) is -0.856. The molecule has 0 aromatic rings. The Morgan fingerprint density at radius 2 is 2.06 bits per heavy atom. The maximum Gasteiger partial charge on any atom is 0.324 e. The molecule has 16 heavy (non-hydrogen) atoms. The highest BCUT2D eigenvalue weighted by molar-refractivity contribution is 7.90. The van der Waals surface area contributed by atoms with Gasteiger partial charge in [-0.2, -0.15) is 4.31 Å². The van der Waals surface area contributed by atoms with Gasteiger partial charge in [-0.05, 0) is 12.8 Å². The van der Waals surface area contributed by atoms with Gasteiger partial charge in [-0.15, -0.1) is 0 Å². The molecule has 0 aromatic carbocycles. The molecule has 2 aliphatic rings. The molecule has 1 N–H and O–H groups in total. The van der Waals surface area contributed by atoms with Gasteiger partial charge in [0.2, 0.25) is 10.0 Å². The molecule has 1 aliphatic carbocycles. The SMILES string of the molecule is COC(=O)C1CC(O)CN1S(=O)(=O)C1CC1. The van der Waals surface area contributed by atoms with Crippen molar-refractivity contribution in [3.63, 3.8) is 0 Å². The minimum Gasteiger partial charge on any atom is -0.468 e. The normalized spacial score (nSPS) is 31.6. The van der Waals surface area contributed by atoms with Crippen molar-refractivity contribution in [1.82, 2.24) is 4.31 Å². The summed E-state index contributed by atoms with van der Waals surface area (Å²) in [5.74, 6) is -0.597. The highest BCUT2D eigenvalue weighted by Gasteiger charge is 2.49. The van der Waals surface area contributed by atoms with Crippen LogP contribution in [0.15, 0.2) is 0 Å². The van der Waals surface area contributed by atoms with Gasteiger partial charge < -0.3 is 9.84 Å². The van der Waals surface area contributed by atoms with Crippen molar-refractivity contribution in [2.24, 2.45) is 0 Å². The summed E-state index contributed by atoms with van der Waals surface area (Å²) in [7, 11) is -2.21. The van der Waals surface area contributed by atoms with E-state index in [1.165, 1.54) is 7.11 Å². The zero-order valence-electron chi connectivity index (χ0n) is 9.00. The monoisotopic (exact) mass is 249 g/mol. The number of hydrogen-bond donors (Lipinski definition) is 1. The van der Waals surface area contributed by atoms with Crippen molar-refractivity contribution >= 4 is 16.0 Å². The zero-order valence-corrected chi connectivity index (χ0v) is 9.81. The first kappa shape index (κ1) is 11.8. The van der Waals surface area contributed by atoms with Crippen LogP contribution in [0.1, 0.15) is 19.3 Å². The molecule has 0 amide bonds. The van der Waals surface area contributed by atoms with Gasteiger partial charge in [0, 0.05) is 13.0 Å². The maximum absolute atomic E-state index is 12.0. The third-order valence-electron chi connectivity index (χ3n) is 2.98. The molecule has 0 bridgehead atoms. The predicted octanol–water partition coefficient (Wildman–Crippen LogP) is -0.913. The molecule has 2 rings (SSSR count). The largest absolute Gasteiger partial charge is 0.468 e. The minimum absolute atomic E-state index is 0.00139. The molecule has 2 unspecified atom stereocenters. The van der Waals surface area contributed by atoms with Crippen LogP contribution in [-0.2, 0) is 19.6 Å². The second kappa shape index (κ2) is 3.97. The molecule has 2 atom stereocenters. The molecule has 0 aromatic heterocycles. The van der Waals surface area contributed by atoms with Gasteiger partial charge in [-0.25, -0.2) is 8.42 Å². The highest BCUT2D eigenvalue weighted by Crippen LogP contribution is 2.35. The van der Waals surface area contributed by atoms with E-state index in [1.807, 2.05) is 0 Å². The van der Waals surface area contributed by atoms with Gasteiger partial charge in [-0.3, -0.25) is 4.79 Å². The van der Waals surface area contributed by atoms with Crippen LogP contribution in [0.4, 0.5) is 0 Å². The van der Waals surface area contributed by atoms with Crippen molar-refractivity contribution in [1.29, 1.82) is 0 Å². The number of rotatable bonds is 3. The van der Waals surface area contributed by atoms with Crippen LogP contribution in [0, 0.1) is 0 Å². The molecule has 0 spiro atoms. The summed E-state index contributed by atoms with van der Waals surface area (Å²) in [6.45, 7) is -0.00139. The quantitative estimate of drug-likeness (QED) is 0.654. The van der Waals surface area contributed by atoms with E-state index >= 15 is 0 Å². The Morgan fingerprint density at radius 1 is 1.44 bits per heavy atom. The van der Waals surface area contributed by atoms with Crippen LogP contribution in [-0.4, -0.2) is 54.8 Å². The van der Waals surface area contributed by atoms with E-state index in [0.29, 0.717) is 12.8 Å². The fourth-order valence-electron chi connectivity index (χ4n) is 1.97. The second-order valence-electron chi connectivity index (χ2n) is 4.24. The van der Waals surface area contributed by atoms with E-state index < -0.39 is 28.1 Å². The Bertz CT molecular complexity index is 389. The smallest absolute Gasteiger partial charge is 0.324 e. The lowest BCUT2D eigenvalue weighted by Gasteiger charge is -2.21. The average molecular weight is 249 g/mol. The number of aliphatic hydroxyl groups excluding tert-OH is 1. The molecule has 1 aliphatic heterocycles. The Balaban J connectivity index is 2.21. The summed E-state index contributed by atoms with van der Waals surface area (Å²) in [4.78, 5) is 11.4. The van der Waals surface area contributed by atoms with Gasteiger partial charge in [0.25, 0.3) is 0 Å². The van der Waals surface area contributed by atoms with Crippen LogP contribution in [0.5, 0.6) is 0 Å². The number of esters is 1. The molecule has 1 saturated carbocycles. The van der Waals surface area contributed by atoms with Crippen molar-refractivity contribution in [3.8, 4) is 0 Å². The highest BCUT2D eigenvalue weighted by atomic mass is 32.2. The molecule has 2 fully saturated rings. The van der Waals surface area contributed by atoms with E-state index in [-0.39, 0.29) is 18.2 Å². The van der Waals surface area contributed by atoms with E-state index in [1.54, 1.807) is 0 Å². The third-order valence-corrected chi connectivity index (χ3v) is 5.35. The number of carbonyl (C=O) groups excluding carboxylic acids is 1. The van der Waals surface area contributed by atoms with E-state index in [0.717, 1.165) is 4.31 Å². The number of carbonyl (C=O) groups is 1. The molecule has 6 nitrogen and oxygen atoms in total. The Kier molecular flexibility index (Phi) is 2.93. The molecular weight excluding hydrogens is 234 g/mol. The molecule has 1 heterocycles. The molecular formula is C9H15NO5S. The first-order chi connectivity index (χ1) is 7.46. The van der Waals surface area contributed by atoms with E-state index in [9.17, 15) is 18.3 Å². The van der Waals surface area contributed by atoms with Gasteiger partial charge in [0.05, 0.1) is 18.5 Å². The fraction of sp³-hybridized carbons (Fsp3) is 0.889. The van der Waals surface area contributed by atoms with Crippen LogP contribution < -0.4 is 0 Å². The lowest BCUT2D eigenvalue weighted by atomic mass is 10.2. The van der Waals surface area contributed by atoms with Gasteiger partial charge in [0.15, 0.2) is 0 Å². The van der Waals surface area contributed by atoms with E-state index in [2.05, 4.69) is 4.74 Å². The summed E-state index contributed by atoms with van der Waals surface area (Å²) in [5, 5.41) is 9.10. The van der Waals surface area contributed by atoms with Crippen LogP contribution in [0.25, 0.3) is 0 Å². The van der Waals surface area contributed by atoms with E-state index in [4.69, 9.17) is 0 Å². The first-order valence-electron chi connectivity index (χ1n) is 5.23. The van der Waals surface area contributed by atoms with Gasteiger partial charge >= 0.3 is 5.97 Å². The maximum atomic E-state index is 12.0. The lowest BCUT2D eigenvalue weighted by Crippen LogP contribution is -2.42. The minimum atomic E-state index is -3.43. The Hall–Kier alpha value is -0.660. The van der Waals surface area contributed by atoms with Crippen molar-refractivity contribution < 1.29 is 23.1 Å². The number of β-amino-alcohol motifs (C(OH)–C–C–N with tert-alkyl or cyclic N) is 1. The van der Waals surface area contributed by atoms with Gasteiger partial charge in [-0.1, -0.05) is 0 Å². The fourth-order valence-corrected chi connectivity index (χ4v) is 3.99. The summed E-state index contributed by atoms with van der Waals surface area (Å²) < 4.78 is 29.6. The van der Waals surface area contributed by atoms with Crippen LogP contribution >= 0.6 is 0 Å². The van der Waals surface area contributed by atoms with Gasteiger partial charge in [0.1, 0.15) is 6.04 Å². The number of nitrogens with zero attached hydrogens (tertiary/aromatic N) is 1. The number of ether oxygens (including phenoxy) is 1. The number of aliphatic hydroxyl groups is 1. The molecule has 92 valence electrons. The topological polar surface area (TPSA) is 83.9 Å². The summed E-state index contributed by atoms with van der Waals surface area (Å²) in [5.41, 5.74) is 0. The van der Waals surface area contributed by atoms with Crippen LogP contribution in [0.2, 0.25) is 0 Å².